The highest BCUT2D eigenvalue weighted by molar-refractivity contribution is 5.69. The van der Waals surface area contributed by atoms with E-state index in [4.69, 9.17) is 0 Å². The summed E-state index contributed by atoms with van der Waals surface area (Å²) in [6.45, 7) is 3.97. The van der Waals surface area contributed by atoms with Gasteiger partial charge in [-0.15, -0.1) is 5.10 Å². The quantitative estimate of drug-likeness (QED) is 0.802. The number of nitrogens with zero attached hydrogens (tertiary/aromatic N) is 3. The van der Waals surface area contributed by atoms with Gasteiger partial charge in [-0.2, -0.15) is 0 Å². The number of aromatic nitrogens is 3. The molecule has 0 radical (unpaired) electrons. The van der Waals surface area contributed by atoms with Crippen LogP contribution >= 0.6 is 0 Å². The topological polar surface area (TPSA) is 50.9 Å². The Morgan fingerprint density at radius 2 is 1.70 bits per heavy atom. The first-order valence-electron chi connectivity index (χ1n) is 7.54. The highest BCUT2D eigenvalue weighted by Gasteiger charge is 2.11. The van der Waals surface area contributed by atoms with Gasteiger partial charge in [0.25, 0.3) is 0 Å². The van der Waals surface area contributed by atoms with E-state index >= 15 is 0 Å². The average molecular weight is 305 g/mol. The Hall–Kier alpha value is -2.72. The van der Waals surface area contributed by atoms with Crippen LogP contribution in [0.25, 0.3) is 17.8 Å². The SMILES string of the molecule is Cc1cc(C)cc(-n2nnc(CO)c2/C=C/c2ccccc2)c1. The number of rotatable bonds is 4. The third kappa shape index (κ3) is 3.38. The maximum absolute atomic E-state index is 9.54. The van der Waals surface area contributed by atoms with Gasteiger partial charge in [-0.05, 0) is 48.7 Å². The lowest BCUT2D eigenvalue weighted by atomic mass is 10.1. The zero-order valence-corrected chi connectivity index (χ0v) is 13.3. The van der Waals surface area contributed by atoms with E-state index in [1.54, 1.807) is 4.68 Å². The molecule has 4 heteroatoms. The molecule has 1 aromatic heterocycles. The van der Waals surface area contributed by atoms with Gasteiger partial charge in [-0.3, -0.25) is 0 Å². The fourth-order valence-corrected chi connectivity index (χ4v) is 2.60. The van der Waals surface area contributed by atoms with Crippen LogP contribution in [0.3, 0.4) is 0 Å². The number of aliphatic hydroxyl groups is 1. The van der Waals surface area contributed by atoms with Gasteiger partial charge in [-0.25, -0.2) is 4.68 Å². The molecule has 0 amide bonds. The molecule has 0 aliphatic carbocycles. The number of aliphatic hydroxyl groups excluding tert-OH is 1. The lowest BCUT2D eigenvalue weighted by Crippen LogP contribution is -2.01. The fourth-order valence-electron chi connectivity index (χ4n) is 2.60. The molecule has 0 aliphatic heterocycles. The standard InChI is InChI=1S/C19H19N3O/c1-14-10-15(2)12-17(11-14)22-19(18(13-23)20-21-22)9-8-16-6-4-3-5-7-16/h3-12,23H,13H2,1-2H3/b9-8+. The van der Waals surface area contributed by atoms with Gasteiger partial charge >= 0.3 is 0 Å². The molecule has 1 N–H and O–H groups in total. The van der Waals surface area contributed by atoms with Crippen LogP contribution in [0.2, 0.25) is 0 Å². The summed E-state index contributed by atoms with van der Waals surface area (Å²) in [5.41, 5.74) is 5.72. The van der Waals surface area contributed by atoms with Crippen molar-refractivity contribution >= 4 is 12.2 Å². The van der Waals surface area contributed by atoms with Crippen molar-refractivity contribution in [3.8, 4) is 5.69 Å². The molecule has 0 fully saturated rings. The van der Waals surface area contributed by atoms with Crippen LogP contribution < -0.4 is 0 Å². The largest absolute Gasteiger partial charge is 0.390 e. The lowest BCUT2D eigenvalue weighted by Gasteiger charge is -2.07. The van der Waals surface area contributed by atoms with E-state index in [-0.39, 0.29) is 6.61 Å². The van der Waals surface area contributed by atoms with Gasteiger partial charge in [-0.1, -0.05) is 47.7 Å². The van der Waals surface area contributed by atoms with E-state index in [1.165, 1.54) is 11.1 Å². The molecule has 0 unspecified atom stereocenters. The van der Waals surface area contributed by atoms with E-state index < -0.39 is 0 Å². The second kappa shape index (κ2) is 6.58. The average Bonchev–Trinajstić information content (AvgIpc) is 2.96. The molecular formula is C19H19N3O. The Kier molecular flexibility index (Phi) is 4.35. The summed E-state index contributed by atoms with van der Waals surface area (Å²) in [5.74, 6) is 0. The summed E-state index contributed by atoms with van der Waals surface area (Å²) in [6, 6.07) is 16.3. The van der Waals surface area contributed by atoms with Gasteiger partial charge in [0, 0.05) is 0 Å². The lowest BCUT2D eigenvalue weighted by molar-refractivity contribution is 0.276. The van der Waals surface area contributed by atoms with Crippen LogP contribution in [0.15, 0.2) is 48.5 Å². The van der Waals surface area contributed by atoms with Crippen molar-refractivity contribution in [3.63, 3.8) is 0 Å². The smallest absolute Gasteiger partial charge is 0.116 e. The molecule has 0 spiro atoms. The van der Waals surface area contributed by atoms with Crippen LogP contribution in [-0.2, 0) is 6.61 Å². The maximum atomic E-state index is 9.54. The summed E-state index contributed by atoms with van der Waals surface area (Å²) >= 11 is 0. The van der Waals surface area contributed by atoms with Crippen LogP contribution in [0.1, 0.15) is 28.1 Å². The summed E-state index contributed by atoms with van der Waals surface area (Å²) in [6.07, 6.45) is 3.94. The Morgan fingerprint density at radius 1 is 1.00 bits per heavy atom. The molecule has 0 saturated heterocycles. The van der Waals surface area contributed by atoms with Gasteiger partial charge in [0.2, 0.25) is 0 Å². The van der Waals surface area contributed by atoms with Crippen LogP contribution in [0.5, 0.6) is 0 Å². The summed E-state index contributed by atoms with van der Waals surface area (Å²) < 4.78 is 1.77. The molecule has 0 saturated carbocycles. The molecule has 2 aromatic carbocycles. The predicted molar refractivity (Wildman–Crippen MR) is 92.1 cm³/mol. The van der Waals surface area contributed by atoms with Crippen LogP contribution in [0, 0.1) is 13.8 Å². The minimum Gasteiger partial charge on any atom is -0.390 e. The molecule has 0 aliphatic rings. The fraction of sp³-hybridized carbons (Fsp3) is 0.158. The van der Waals surface area contributed by atoms with Crippen molar-refractivity contribution in [3.05, 3.63) is 76.6 Å². The monoisotopic (exact) mass is 305 g/mol. The summed E-state index contributed by atoms with van der Waals surface area (Å²) in [4.78, 5) is 0. The van der Waals surface area contributed by atoms with Gasteiger partial charge < -0.3 is 5.11 Å². The van der Waals surface area contributed by atoms with Crippen LogP contribution in [0.4, 0.5) is 0 Å². The van der Waals surface area contributed by atoms with Crippen molar-refractivity contribution in [1.29, 1.82) is 0 Å². The van der Waals surface area contributed by atoms with Gasteiger partial charge in [0.1, 0.15) is 5.69 Å². The van der Waals surface area contributed by atoms with E-state index in [0.717, 1.165) is 16.9 Å². The first-order chi connectivity index (χ1) is 11.2. The van der Waals surface area contributed by atoms with Gasteiger partial charge in [0.15, 0.2) is 0 Å². The molecule has 116 valence electrons. The summed E-state index contributed by atoms with van der Waals surface area (Å²) in [7, 11) is 0. The summed E-state index contributed by atoms with van der Waals surface area (Å²) in [5, 5.41) is 17.8. The Morgan fingerprint density at radius 3 is 2.35 bits per heavy atom. The molecule has 1 heterocycles. The van der Waals surface area contributed by atoms with Crippen molar-refractivity contribution < 1.29 is 5.11 Å². The first kappa shape index (κ1) is 15.2. The molecule has 0 bridgehead atoms. The van der Waals surface area contributed by atoms with E-state index in [9.17, 15) is 5.11 Å². The van der Waals surface area contributed by atoms with Crippen molar-refractivity contribution in [1.82, 2.24) is 15.0 Å². The zero-order chi connectivity index (χ0) is 16.2. The van der Waals surface area contributed by atoms with Crippen molar-refractivity contribution in [2.45, 2.75) is 20.5 Å². The number of hydrogen-bond donors (Lipinski definition) is 1. The molecular weight excluding hydrogens is 286 g/mol. The molecule has 4 nitrogen and oxygen atoms in total. The highest BCUT2D eigenvalue weighted by atomic mass is 16.3. The van der Waals surface area contributed by atoms with Gasteiger partial charge in [0.05, 0.1) is 18.0 Å². The number of hydrogen-bond acceptors (Lipinski definition) is 3. The van der Waals surface area contributed by atoms with Crippen molar-refractivity contribution in [2.24, 2.45) is 0 Å². The molecule has 0 atom stereocenters. The Bertz CT molecular complexity index is 815. The number of benzene rings is 2. The van der Waals surface area contributed by atoms with E-state index in [0.29, 0.717) is 5.69 Å². The predicted octanol–water partition coefficient (Wildman–Crippen LogP) is 3.55. The minimum absolute atomic E-state index is 0.140. The normalized spacial score (nSPS) is 11.3. The maximum Gasteiger partial charge on any atom is 0.116 e. The molecule has 23 heavy (non-hydrogen) atoms. The number of aryl methyl sites for hydroxylation is 2. The van der Waals surface area contributed by atoms with E-state index in [1.807, 2.05) is 42.5 Å². The van der Waals surface area contributed by atoms with Crippen LogP contribution in [-0.4, -0.2) is 20.1 Å². The van der Waals surface area contributed by atoms with E-state index in [2.05, 4.69) is 42.4 Å². The molecule has 3 aromatic rings. The second-order valence-corrected chi connectivity index (χ2v) is 5.58. The Balaban J connectivity index is 2.05. The minimum atomic E-state index is -0.140. The third-order valence-corrected chi connectivity index (χ3v) is 3.61. The third-order valence-electron chi connectivity index (χ3n) is 3.61. The first-order valence-corrected chi connectivity index (χ1v) is 7.54. The van der Waals surface area contributed by atoms with Crippen molar-refractivity contribution in [2.75, 3.05) is 0 Å². The Labute approximate surface area is 135 Å². The molecule has 3 rings (SSSR count). The zero-order valence-electron chi connectivity index (χ0n) is 13.3. The highest BCUT2D eigenvalue weighted by Crippen LogP contribution is 2.19. The second-order valence-electron chi connectivity index (χ2n) is 5.58.